The topological polar surface area (TPSA) is 12.5 Å². The van der Waals surface area contributed by atoms with Crippen LogP contribution >= 0.6 is 0 Å². The third kappa shape index (κ3) is 4.84. The Morgan fingerprint density at radius 3 is 2.47 bits per heavy atom. The molecular weight excluding hydrogens is 186 g/mol. The molecule has 0 bridgehead atoms. The molecule has 0 fully saturated rings. The first-order valence-electron chi connectivity index (χ1n) is 5.58. The summed E-state index contributed by atoms with van der Waals surface area (Å²) in [5.41, 5.74) is 0. The summed E-state index contributed by atoms with van der Waals surface area (Å²) in [5.74, 6) is 0.963. The molecular formula is C13H21NO. The summed E-state index contributed by atoms with van der Waals surface area (Å²) in [6.07, 6.45) is 1.07. The molecule has 0 N–H and O–H groups in total. The summed E-state index contributed by atoms with van der Waals surface area (Å²) in [7, 11) is 2.15. The zero-order valence-electron chi connectivity index (χ0n) is 9.94. The van der Waals surface area contributed by atoms with Crippen molar-refractivity contribution in [3.8, 4) is 5.75 Å². The lowest BCUT2D eigenvalue weighted by atomic mass is 10.3. The molecule has 2 heteroatoms. The van der Waals surface area contributed by atoms with Crippen molar-refractivity contribution in [2.45, 2.75) is 26.3 Å². The van der Waals surface area contributed by atoms with Gasteiger partial charge in [-0.15, -0.1) is 0 Å². The Morgan fingerprint density at radius 2 is 1.87 bits per heavy atom. The van der Waals surface area contributed by atoms with E-state index in [1.54, 1.807) is 0 Å². The van der Waals surface area contributed by atoms with Gasteiger partial charge in [-0.3, -0.25) is 0 Å². The average Bonchev–Trinajstić information content (AvgIpc) is 2.25. The molecule has 84 valence electrons. The predicted octanol–water partition coefficient (Wildman–Crippen LogP) is 2.80. The molecule has 0 unspecified atom stereocenters. The normalized spacial score (nSPS) is 11.0. The largest absolute Gasteiger partial charge is 0.494 e. The Kier molecular flexibility index (Phi) is 5.19. The molecule has 2 nitrogen and oxygen atoms in total. The molecule has 1 rings (SSSR count). The van der Waals surface area contributed by atoms with Gasteiger partial charge in [-0.25, -0.2) is 0 Å². The lowest BCUT2D eigenvalue weighted by Crippen LogP contribution is -2.28. The van der Waals surface area contributed by atoms with Gasteiger partial charge in [0.25, 0.3) is 0 Å². The van der Waals surface area contributed by atoms with Crippen molar-refractivity contribution in [3.63, 3.8) is 0 Å². The van der Waals surface area contributed by atoms with Gasteiger partial charge in [0.15, 0.2) is 0 Å². The van der Waals surface area contributed by atoms with Crippen molar-refractivity contribution in [3.05, 3.63) is 30.3 Å². The van der Waals surface area contributed by atoms with Gasteiger partial charge in [0, 0.05) is 12.6 Å². The molecule has 0 saturated heterocycles. The summed E-state index contributed by atoms with van der Waals surface area (Å²) < 4.78 is 5.61. The number of nitrogens with zero attached hydrogens (tertiary/aromatic N) is 1. The highest BCUT2D eigenvalue weighted by atomic mass is 16.5. The average molecular weight is 207 g/mol. The molecule has 15 heavy (non-hydrogen) atoms. The van der Waals surface area contributed by atoms with Gasteiger partial charge in [-0.1, -0.05) is 18.2 Å². The molecule has 0 aliphatic carbocycles. The molecule has 1 aromatic rings. The van der Waals surface area contributed by atoms with E-state index in [2.05, 4.69) is 25.8 Å². The molecule has 0 aliphatic rings. The highest BCUT2D eigenvalue weighted by Gasteiger charge is 2.01. The van der Waals surface area contributed by atoms with E-state index in [0.717, 1.165) is 25.3 Å². The minimum absolute atomic E-state index is 0.613. The van der Waals surface area contributed by atoms with Gasteiger partial charge < -0.3 is 9.64 Å². The second-order valence-corrected chi connectivity index (χ2v) is 4.09. The molecule has 0 saturated carbocycles. The van der Waals surface area contributed by atoms with Crippen LogP contribution in [0, 0.1) is 0 Å². The van der Waals surface area contributed by atoms with Crippen molar-refractivity contribution >= 4 is 0 Å². The van der Waals surface area contributed by atoms with Crippen molar-refractivity contribution in [2.75, 3.05) is 20.2 Å². The van der Waals surface area contributed by atoms with E-state index in [4.69, 9.17) is 4.74 Å². The first kappa shape index (κ1) is 12.1. The van der Waals surface area contributed by atoms with E-state index in [-0.39, 0.29) is 0 Å². The lowest BCUT2D eigenvalue weighted by Gasteiger charge is -2.20. The fourth-order valence-electron chi connectivity index (χ4n) is 1.28. The SMILES string of the molecule is CC(C)N(C)CCCOc1ccccc1. The van der Waals surface area contributed by atoms with E-state index in [1.165, 1.54) is 0 Å². The Labute approximate surface area is 92.9 Å². The van der Waals surface area contributed by atoms with Crippen LogP contribution in [0.1, 0.15) is 20.3 Å². The molecule has 0 heterocycles. The van der Waals surface area contributed by atoms with Crippen molar-refractivity contribution in [1.82, 2.24) is 4.90 Å². The molecule has 1 aromatic carbocycles. The lowest BCUT2D eigenvalue weighted by molar-refractivity contribution is 0.234. The predicted molar refractivity (Wildman–Crippen MR) is 64.3 cm³/mol. The smallest absolute Gasteiger partial charge is 0.119 e. The highest BCUT2D eigenvalue weighted by molar-refractivity contribution is 5.20. The van der Waals surface area contributed by atoms with Crippen molar-refractivity contribution in [2.24, 2.45) is 0 Å². The summed E-state index contributed by atoms with van der Waals surface area (Å²) in [4.78, 5) is 2.33. The van der Waals surface area contributed by atoms with Crippen LogP contribution < -0.4 is 4.74 Å². The summed E-state index contributed by atoms with van der Waals surface area (Å²) in [5, 5.41) is 0. The molecule has 0 amide bonds. The molecule has 0 spiro atoms. The first-order valence-corrected chi connectivity index (χ1v) is 5.58. The van der Waals surface area contributed by atoms with Crippen LogP contribution in [0.2, 0.25) is 0 Å². The van der Waals surface area contributed by atoms with E-state index >= 15 is 0 Å². The van der Waals surface area contributed by atoms with Crippen LogP contribution in [-0.2, 0) is 0 Å². The summed E-state index contributed by atoms with van der Waals surface area (Å²) in [6.45, 7) is 6.29. The van der Waals surface area contributed by atoms with E-state index in [0.29, 0.717) is 6.04 Å². The van der Waals surface area contributed by atoms with Crippen LogP contribution in [0.4, 0.5) is 0 Å². The van der Waals surface area contributed by atoms with E-state index in [9.17, 15) is 0 Å². The Balaban J connectivity index is 2.12. The monoisotopic (exact) mass is 207 g/mol. The van der Waals surface area contributed by atoms with Crippen LogP contribution in [0.3, 0.4) is 0 Å². The van der Waals surface area contributed by atoms with Gasteiger partial charge in [-0.05, 0) is 39.4 Å². The fraction of sp³-hybridized carbons (Fsp3) is 0.538. The number of para-hydroxylation sites is 1. The Morgan fingerprint density at radius 1 is 1.20 bits per heavy atom. The first-order chi connectivity index (χ1) is 7.20. The van der Waals surface area contributed by atoms with Crippen LogP contribution in [-0.4, -0.2) is 31.1 Å². The third-order valence-electron chi connectivity index (χ3n) is 2.55. The van der Waals surface area contributed by atoms with Gasteiger partial charge in [-0.2, -0.15) is 0 Å². The fourth-order valence-corrected chi connectivity index (χ4v) is 1.28. The third-order valence-corrected chi connectivity index (χ3v) is 2.55. The Bertz CT molecular complexity index is 258. The number of rotatable bonds is 6. The van der Waals surface area contributed by atoms with E-state index < -0.39 is 0 Å². The molecule has 0 aromatic heterocycles. The second kappa shape index (κ2) is 6.46. The maximum atomic E-state index is 5.61. The van der Waals surface area contributed by atoms with E-state index in [1.807, 2.05) is 30.3 Å². The number of hydrogen-bond acceptors (Lipinski definition) is 2. The van der Waals surface area contributed by atoms with Gasteiger partial charge >= 0.3 is 0 Å². The van der Waals surface area contributed by atoms with Crippen LogP contribution in [0.25, 0.3) is 0 Å². The highest BCUT2D eigenvalue weighted by Crippen LogP contribution is 2.08. The maximum absolute atomic E-state index is 5.61. The molecule has 0 atom stereocenters. The Hall–Kier alpha value is -1.02. The number of ether oxygens (including phenoxy) is 1. The second-order valence-electron chi connectivity index (χ2n) is 4.09. The molecule has 0 aliphatic heterocycles. The molecule has 0 radical (unpaired) electrons. The van der Waals surface area contributed by atoms with Gasteiger partial charge in [0.05, 0.1) is 6.61 Å². The van der Waals surface area contributed by atoms with Gasteiger partial charge in [0.1, 0.15) is 5.75 Å². The number of benzene rings is 1. The number of hydrogen-bond donors (Lipinski definition) is 0. The van der Waals surface area contributed by atoms with Crippen molar-refractivity contribution in [1.29, 1.82) is 0 Å². The maximum Gasteiger partial charge on any atom is 0.119 e. The minimum Gasteiger partial charge on any atom is -0.494 e. The zero-order valence-corrected chi connectivity index (χ0v) is 9.94. The van der Waals surface area contributed by atoms with Gasteiger partial charge in [0.2, 0.25) is 0 Å². The quantitative estimate of drug-likeness (QED) is 0.665. The van der Waals surface area contributed by atoms with Crippen LogP contribution in [0.15, 0.2) is 30.3 Å². The summed E-state index contributed by atoms with van der Waals surface area (Å²) in [6, 6.07) is 10.6. The minimum atomic E-state index is 0.613. The van der Waals surface area contributed by atoms with Crippen molar-refractivity contribution < 1.29 is 4.74 Å². The van der Waals surface area contributed by atoms with Crippen LogP contribution in [0.5, 0.6) is 5.75 Å². The standard InChI is InChI=1S/C13H21NO/c1-12(2)14(3)10-7-11-15-13-8-5-4-6-9-13/h4-6,8-9,12H,7,10-11H2,1-3H3. The summed E-state index contributed by atoms with van der Waals surface area (Å²) >= 11 is 0. The zero-order chi connectivity index (χ0) is 11.1.